The third-order valence-corrected chi connectivity index (χ3v) is 4.42. The molecule has 12 heavy (non-hydrogen) atoms. The lowest BCUT2D eigenvalue weighted by atomic mass is 9.67. The van der Waals surface area contributed by atoms with Crippen LogP contribution in [0.2, 0.25) is 0 Å². The minimum Gasteiger partial charge on any atom is -0.122 e. The molecule has 1 fully saturated rings. The van der Waals surface area contributed by atoms with Gasteiger partial charge in [0.25, 0.3) is 0 Å². The van der Waals surface area contributed by atoms with Crippen LogP contribution in [0.3, 0.4) is 0 Å². The van der Waals surface area contributed by atoms with Crippen molar-refractivity contribution in [2.45, 2.75) is 52.3 Å². The van der Waals surface area contributed by atoms with Crippen LogP contribution in [0.15, 0.2) is 0 Å². The van der Waals surface area contributed by atoms with Gasteiger partial charge in [-0.2, -0.15) is 0 Å². The van der Waals surface area contributed by atoms with Crippen molar-refractivity contribution >= 4 is 11.6 Å². The van der Waals surface area contributed by atoms with E-state index in [1.165, 1.54) is 19.3 Å². The zero-order valence-electron chi connectivity index (χ0n) is 8.73. The standard InChI is InChI=1S/C11H21Cl/c1-8(2)11(9(3)4)7-5-6-10(11)12/h8-10H,5-7H2,1-4H3. The molecule has 0 aromatic rings. The molecule has 0 aromatic heterocycles. The van der Waals surface area contributed by atoms with Crippen LogP contribution in [0.4, 0.5) is 0 Å². The minimum absolute atomic E-state index is 0.414. The SMILES string of the molecule is CC(C)C1(C(C)C)CCCC1Cl. The third kappa shape index (κ3) is 1.39. The van der Waals surface area contributed by atoms with E-state index in [2.05, 4.69) is 27.7 Å². The normalized spacial score (nSPS) is 28.8. The van der Waals surface area contributed by atoms with Crippen molar-refractivity contribution < 1.29 is 0 Å². The summed E-state index contributed by atoms with van der Waals surface area (Å²) in [4.78, 5) is 0. The highest BCUT2D eigenvalue weighted by Gasteiger charge is 2.46. The van der Waals surface area contributed by atoms with Gasteiger partial charge in [-0.05, 0) is 30.1 Å². The maximum Gasteiger partial charge on any atom is 0.0397 e. The molecule has 0 amide bonds. The van der Waals surface area contributed by atoms with Crippen LogP contribution in [0.25, 0.3) is 0 Å². The van der Waals surface area contributed by atoms with E-state index in [0.717, 1.165) is 11.8 Å². The molecule has 0 aliphatic heterocycles. The van der Waals surface area contributed by atoms with E-state index in [0.29, 0.717) is 10.8 Å². The van der Waals surface area contributed by atoms with Crippen molar-refractivity contribution in [2.24, 2.45) is 17.3 Å². The fourth-order valence-electron chi connectivity index (χ4n) is 2.98. The van der Waals surface area contributed by atoms with Gasteiger partial charge in [-0.3, -0.25) is 0 Å². The van der Waals surface area contributed by atoms with Crippen molar-refractivity contribution in [1.82, 2.24) is 0 Å². The summed E-state index contributed by atoms with van der Waals surface area (Å²) >= 11 is 6.42. The smallest absolute Gasteiger partial charge is 0.0397 e. The van der Waals surface area contributed by atoms with E-state index >= 15 is 0 Å². The Hall–Kier alpha value is 0.290. The summed E-state index contributed by atoms with van der Waals surface area (Å²) < 4.78 is 0. The molecule has 1 rings (SSSR count). The average Bonchev–Trinajstić information content (AvgIpc) is 2.31. The average molecular weight is 189 g/mol. The quantitative estimate of drug-likeness (QED) is 0.573. The molecule has 1 saturated carbocycles. The molecule has 0 saturated heterocycles. The van der Waals surface area contributed by atoms with Crippen molar-refractivity contribution in [3.8, 4) is 0 Å². The molecule has 0 radical (unpaired) electrons. The molecule has 1 aliphatic rings. The van der Waals surface area contributed by atoms with Gasteiger partial charge >= 0.3 is 0 Å². The van der Waals surface area contributed by atoms with Gasteiger partial charge in [0.15, 0.2) is 0 Å². The highest BCUT2D eigenvalue weighted by molar-refractivity contribution is 6.21. The number of hydrogen-bond acceptors (Lipinski definition) is 0. The molecule has 1 aliphatic carbocycles. The molecule has 0 N–H and O–H groups in total. The van der Waals surface area contributed by atoms with E-state index in [4.69, 9.17) is 11.6 Å². The van der Waals surface area contributed by atoms with Gasteiger partial charge in [0, 0.05) is 5.38 Å². The number of alkyl halides is 1. The number of rotatable bonds is 2. The lowest BCUT2D eigenvalue weighted by Crippen LogP contribution is -2.37. The van der Waals surface area contributed by atoms with Crippen molar-refractivity contribution in [3.63, 3.8) is 0 Å². The fourth-order valence-corrected chi connectivity index (χ4v) is 3.75. The van der Waals surface area contributed by atoms with Crippen LogP contribution in [-0.2, 0) is 0 Å². The monoisotopic (exact) mass is 188 g/mol. The third-order valence-electron chi connectivity index (χ3n) is 3.80. The summed E-state index contributed by atoms with van der Waals surface area (Å²) in [5, 5.41) is 0.414. The van der Waals surface area contributed by atoms with Gasteiger partial charge in [0.2, 0.25) is 0 Å². The van der Waals surface area contributed by atoms with Crippen molar-refractivity contribution in [3.05, 3.63) is 0 Å². The Morgan fingerprint density at radius 1 is 1.17 bits per heavy atom. The molecule has 1 unspecified atom stereocenters. The number of hydrogen-bond donors (Lipinski definition) is 0. The summed E-state index contributed by atoms with van der Waals surface area (Å²) in [5.74, 6) is 1.45. The molecule has 0 spiro atoms. The lowest BCUT2D eigenvalue weighted by molar-refractivity contribution is 0.125. The minimum atomic E-state index is 0.414. The summed E-state index contributed by atoms with van der Waals surface area (Å²) in [6, 6.07) is 0. The molecule has 1 atom stereocenters. The topological polar surface area (TPSA) is 0 Å². The Bertz CT molecular complexity index is 141. The highest BCUT2D eigenvalue weighted by atomic mass is 35.5. The van der Waals surface area contributed by atoms with Gasteiger partial charge in [0.05, 0.1) is 0 Å². The van der Waals surface area contributed by atoms with Crippen LogP contribution < -0.4 is 0 Å². The Balaban J connectivity index is 2.85. The second kappa shape index (κ2) is 3.57. The van der Waals surface area contributed by atoms with E-state index in [1.54, 1.807) is 0 Å². The first-order chi connectivity index (χ1) is 5.51. The van der Waals surface area contributed by atoms with Gasteiger partial charge < -0.3 is 0 Å². The van der Waals surface area contributed by atoms with Crippen LogP contribution in [-0.4, -0.2) is 5.38 Å². The molecule has 1 heteroatoms. The van der Waals surface area contributed by atoms with E-state index in [9.17, 15) is 0 Å². The molecule has 0 bridgehead atoms. The highest BCUT2D eigenvalue weighted by Crippen LogP contribution is 2.52. The van der Waals surface area contributed by atoms with Crippen LogP contribution >= 0.6 is 11.6 Å². The maximum absolute atomic E-state index is 6.42. The Kier molecular flexibility index (Phi) is 3.09. The largest absolute Gasteiger partial charge is 0.122 e. The van der Waals surface area contributed by atoms with E-state index in [-0.39, 0.29) is 0 Å². The number of halogens is 1. The predicted molar refractivity (Wildman–Crippen MR) is 55.6 cm³/mol. The summed E-state index contributed by atoms with van der Waals surface area (Å²) in [5.41, 5.74) is 0.418. The molecule has 0 aromatic carbocycles. The summed E-state index contributed by atoms with van der Waals surface area (Å²) in [6.45, 7) is 9.28. The van der Waals surface area contributed by atoms with Gasteiger partial charge in [-0.25, -0.2) is 0 Å². The van der Waals surface area contributed by atoms with Crippen LogP contribution in [0.1, 0.15) is 47.0 Å². The molecular formula is C11H21Cl. The van der Waals surface area contributed by atoms with Crippen molar-refractivity contribution in [1.29, 1.82) is 0 Å². The second-order valence-corrected chi connectivity index (χ2v) is 5.31. The van der Waals surface area contributed by atoms with E-state index in [1.807, 2.05) is 0 Å². The van der Waals surface area contributed by atoms with Crippen molar-refractivity contribution in [2.75, 3.05) is 0 Å². The second-order valence-electron chi connectivity index (χ2n) is 4.78. The van der Waals surface area contributed by atoms with Gasteiger partial charge in [-0.1, -0.05) is 34.1 Å². The molecule has 0 nitrogen and oxygen atoms in total. The molecular weight excluding hydrogens is 168 g/mol. The maximum atomic E-state index is 6.42. The summed E-state index contributed by atoms with van der Waals surface area (Å²) in [6.07, 6.45) is 3.87. The Morgan fingerprint density at radius 2 is 1.67 bits per heavy atom. The molecule has 0 heterocycles. The van der Waals surface area contributed by atoms with Gasteiger partial charge in [-0.15, -0.1) is 11.6 Å². The first-order valence-corrected chi connectivity index (χ1v) is 5.59. The fraction of sp³-hybridized carbons (Fsp3) is 1.00. The molecule has 72 valence electrons. The van der Waals surface area contributed by atoms with Gasteiger partial charge in [0.1, 0.15) is 0 Å². The van der Waals surface area contributed by atoms with Crippen LogP contribution in [0, 0.1) is 17.3 Å². The first kappa shape index (κ1) is 10.4. The van der Waals surface area contributed by atoms with E-state index < -0.39 is 0 Å². The zero-order valence-corrected chi connectivity index (χ0v) is 9.49. The zero-order chi connectivity index (χ0) is 9.35. The van der Waals surface area contributed by atoms with Crippen LogP contribution in [0.5, 0.6) is 0 Å². The Labute approximate surface area is 81.7 Å². The lowest BCUT2D eigenvalue weighted by Gasteiger charge is -2.40. The summed E-state index contributed by atoms with van der Waals surface area (Å²) in [7, 11) is 0. The predicted octanol–water partition coefficient (Wildman–Crippen LogP) is 4.08. The Morgan fingerprint density at radius 3 is 1.83 bits per heavy atom. The first-order valence-electron chi connectivity index (χ1n) is 5.16.